The number of carbonyl (C=O) groups excluding carboxylic acids is 2. The predicted molar refractivity (Wildman–Crippen MR) is 102 cm³/mol. The summed E-state index contributed by atoms with van der Waals surface area (Å²) in [6.07, 6.45) is 0. The van der Waals surface area contributed by atoms with Crippen LogP contribution < -0.4 is 20.1 Å². The van der Waals surface area contributed by atoms with E-state index < -0.39 is 11.9 Å². The number of likely N-dealkylation sites (N-methyl/N-ethyl adjacent to an activating group) is 1. The summed E-state index contributed by atoms with van der Waals surface area (Å²) in [7, 11) is 1.68. The minimum Gasteiger partial charge on any atom is -0.454 e. The van der Waals surface area contributed by atoms with Crippen molar-refractivity contribution in [2.75, 3.05) is 25.7 Å². The molecule has 2 amide bonds. The first-order valence-corrected chi connectivity index (χ1v) is 8.84. The lowest BCUT2D eigenvalue weighted by Gasteiger charge is -2.23. The Hall–Kier alpha value is -3.13. The molecule has 0 spiro atoms. The van der Waals surface area contributed by atoms with E-state index in [0.717, 1.165) is 5.56 Å². The molecule has 2 aromatic carbocycles. The molecule has 1 atom stereocenters. The number of ether oxygens (including phenoxy) is 2. The van der Waals surface area contributed by atoms with Crippen molar-refractivity contribution >= 4 is 17.5 Å². The van der Waals surface area contributed by atoms with Crippen molar-refractivity contribution in [1.82, 2.24) is 10.2 Å². The molecule has 3 rings (SSSR count). The molecule has 0 aromatic heterocycles. The topological polar surface area (TPSA) is 79.9 Å². The third-order valence-corrected chi connectivity index (χ3v) is 4.45. The van der Waals surface area contributed by atoms with Crippen LogP contribution in [0.3, 0.4) is 0 Å². The van der Waals surface area contributed by atoms with Crippen molar-refractivity contribution in [1.29, 1.82) is 0 Å². The number of halogens is 1. The monoisotopic (exact) mass is 387 g/mol. The average molecular weight is 387 g/mol. The minimum atomic E-state index is -0.521. The number of hydrogen-bond acceptors (Lipinski definition) is 5. The molecule has 2 N–H and O–H groups in total. The molecule has 1 heterocycles. The van der Waals surface area contributed by atoms with E-state index >= 15 is 0 Å². The molecular weight excluding hydrogens is 365 g/mol. The summed E-state index contributed by atoms with van der Waals surface area (Å²) >= 11 is 0. The summed E-state index contributed by atoms with van der Waals surface area (Å²) in [4.78, 5) is 26.1. The SMILES string of the molecule is C[C@H](C(=O)NCc1ccc2c(c1)OCO2)N(C)CC(=O)Nc1cccc(F)c1. The van der Waals surface area contributed by atoms with Crippen LogP contribution in [0.25, 0.3) is 0 Å². The van der Waals surface area contributed by atoms with Gasteiger partial charge in [0.2, 0.25) is 18.6 Å². The summed E-state index contributed by atoms with van der Waals surface area (Å²) in [5, 5.41) is 5.45. The molecule has 148 valence electrons. The zero-order valence-electron chi connectivity index (χ0n) is 15.7. The molecule has 7 nitrogen and oxygen atoms in total. The largest absolute Gasteiger partial charge is 0.454 e. The van der Waals surface area contributed by atoms with Crippen molar-refractivity contribution in [2.24, 2.45) is 0 Å². The van der Waals surface area contributed by atoms with Gasteiger partial charge in [-0.3, -0.25) is 14.5 Å². The second-order valence-electron chi connectivity index (χ2n) is 6.56. The average Bonchev–Trinajstić information content (AvgIpc) is 3.13. The summed E-state index contributed by atoms with van der Waals surface area (Å²) < 4.78 is 23.8. The van der Waals surface area contributed by atoms with Crippen LogP contribution in [0.5, 0.6) is 11.5 Å². The molecule has 2 aromatic rings. The molecule has 1 aliphatic rings. The fraction of sp³-hybridized carbons (Fsp3) is 0.300. The third kappa shape index (κ3) is 4.98. The summed E-state index contributed by atoms with van der Waals surface area (Å²) in [6, 6.07) is 10.6. The smallest absolute Gasteiger partial charge is 0.238 e. The van der Waals surface area contributed by atoms with Gasteiger partial charge in [0.05, 0.1) is 12.6 Å². The van der Waals surface area contributed by atoms with E-state index in [2.05, 4.69) is 10.6 Å². The lowest BCUT2D eigenvalue weighted by molar-refractivity contribution is -0.126. The van der Waals surface area contributed by atoms with Crippen LogP contribution in [0.2, 0.25) is 0 Å². The Bertz CT molecular complexity index is 874. The van der Waals surface area contributed by atoms with E-state index in [-0.39, 0.29) is 25.2 Å². The number of benzene rings is 2. The molecule has 0 radical (unpaired) electrons. The van der Waals surface area contributed by atoms with Crippen LogP contribution in [0.15, 0.2) is 42.5 Å². The van der Waals surface area contributed by atoms with E-state index in [1.807, 2.05) is 12.1 Å². The van der Waals surface area contributed by atoms with Gasteiger partial charge in [0.25, 0.3) is 0 Å². The summed E-state index contributed by atoms with van der Waals surface area (Å²) in [5.74, 6) is 0.378. The van der Waals surface area contributed by atoms with Gasteiger partial charge in [0.1, 0.15) is 5.82 Å². The molecule has 28 heavy (non-hydrogen) atoms. The van der Waals surface area contributed by atoms with Crippen molar-refractivity contribution in [3.05, 3.63) is 53.8 Å². The fourth-order valence-electron chi connectivity index (χ4n) is 2.72. The Morgan fingerprint density at radius 3 is 2.75 bits per heavy atom. The van der Waals surface area contributed by atoms with Gasteiger partial charge >= 0.3 is 0 Å². The minimum absolute atomic E-state index is 0.00484. The number of hydrogen-bond donors (Lipinski definition) is 2. The van der Waals surface area contributed by atoms with Gasteiger partial charge in [-0.15, -0.1) is 0 Å². The molecular formula is C20H22FN3O4. The van der Waals surface area contributed by atoms with Crippen LogP contribution >= 0.6 is 0 Å². The summed E-state index contributed by atoms with van der Waals surface area (Å²) in [6.45, 7) is 2.24. The third-order valence-electron chi connectivity index (χ3n) is 4.45. The highest BCUT2D eigenvalue weighted by Gasteiger charge is 2.20. The number of fused-ring (bicyclic) bond motifs is 1. The van der Waals surface area contributed by atoms with Gasteiger partial charge in [0.15, 0.2) is 11.5 Å². The van der Waals surface area contributed by atoms with Gasteiger partial charge in [-0.2, -0.15) is 0 Å². The summed E-state index contributed by atoms with van der Waals surface area (Å²) in [5.41, 5.74) is 1.26. The first-order valence-electron chi connectivity index (χ1n) is 8.84. The Morgan fingerprint density at radius 1 is 1.18 bits per heavy atom. The van der Waals surface area contributed by atoms with Crippen LogP contribution in [0.4, 0.5) is 10.1 Å². The molecule has 0 saturated heterocycles. The second-order valence-corrected chi connectivity index (χ2v) is 6.56. The maximum Gasteiger partial charge on any atom is 0.238 e. The van der Waals surface area contributed by atoms with Crippen LogP contribution in [-0.4, -0.2) is 43.1 Å². The normalized spacial score (nSPS) is 13.3. The fourth-order valence-corrected chi connectivity index (χ4v) is 2.72. The maximum absolute atomic E-state index is 13.2. The van der Waals surface area contributed by atoms with Crippen molar-refractivity contribution in [3.63, 3.8) is 0 Å². The van der Waals surface area contributed by atoms with Crippen LogP contribution in [-0.2, 0) is 16.1 Å². The first-order chi connectivity index (χ1) is 13.4. The van der Waals surface area contributed by atoms with Gasteiger partial charge in [-0.25, -0.2) is 4.39 Å². The Morgan fingerprint density at radius 2 is 1.96 bits per heavy atom. The lowest BCUT2D eigenvalue weighted by atomic mass is 10.2. The lowest BCUT2D eigenvalue weighted by Crippen LogP contribution is -2.45. The van der Waals surface area contributed by atoms with Crippen molar-refractivity contribution < 1.29 is 23.5 Å². The quantitative estimate of drug-likeness (QED) is 0.761. The highest BCUT2D eigenvalue weighted by molar-refractivity contribution is 5.92. The van der Waals surface area contributed by atoms with Crippen LogP contribution in [0.1, 0.15) is 12.5 Å². The van der Waals surface area contributed by atoms with Crippen molar-refractivity contribution in [2.45, 2.75) is 19.5 Å². The zero-order valence-corrected chi connectivity index (χ0v) is 15.7. The molecule has 0 aliphatic carbocycles. The number of anilines is 1. The van der Waals surface area contributed by atoms with Crippen molar-refractivity contribution in [3.8, 4) is 11.5 Å². The van der Waals surface area contributed by atoms with E-state index in [4.69, 9.17) is 9.47 Å². The number of rotatable bonds is 7. The highest BCUT2D eigenvalue weighted by Crippen LogP contribution is 2.32. The van der Waals surface area contributed by atoms with E-state index in [9.17, 15) is 14.0 Å². The highest BCUT2D eigenvalue weighted by atomic mass is 19.1. The Labute approximate surface area is 162 Å². The maximum atomic E-state index is 13.2. The van der Waals surface area contributed by atoms with Gasteiger partial charge in [-0.05, 0) is 49.9 Å². The predicted octanol–water partition coefficient (Wildman–Crippen LogP) is 2.13. The number of nitrogens with one attached hydrogen (secondary N) is 2. The molecule has 1 aliphatic heterocycles. The molecule has 8 heteroatoms. The van der Waals surface area contributed by atoms with Gasteiger partial charge in [0, 0.05) is 12.2 Å². The standard InChI is InChI=1S/C20H22FN3O4/c1-13(24(2)11-19(25)23-16-5-3-4-15(21)9-16)20(26)22-10-14-6-7-17-18(8-14)28-12-27-17/h3-9,13H,10-12H2,1-2H3,(H,22,26)(H,23,25)/t13-/m1/s1. The van der Waals surface area contributed by atoms with E-state index in [1.54, 1.807) is 31.0 Å². The van der Waals surface area contributed by atoms with E-state index in [1.165, 1.54) is 18.2 Å². The second kappa shape index (κ2) is 8.71. The zero-order chi connectivity index (χ0) is 20.1. The molecule has 0 unspecified atom stereocenters. The number of nitrogens with zero attached hydrogens (tertiary/aromatic N) is 1. The van der Waals surface area contributed by atoms with Crippen LogP contribution in [0, 0.1) is 5.82 Å². The molecule has 0 bridgehead atoms. The molecule has 0 fully saturated rings. The Balaban J connectivity index is 1.47. The first kappa shape index (κ1) is 19.6. The number of carbonyl (C=O) groups is 2. The molecule has 0 saturated carbocycles. The number of amides is 2. The van der Waals surface area contributed by atoms with Gasteiger partial charge in [-0.1, -0.05) is 12.1 Å². The van der Waals surface area contributed by atoms with E-state index in [0.29, 0.717) is 23.7 Å². The van der Waals surface area contributed by atoms with Gasteiger partial charge < -0.3 is 20.1 Å². The Kier molecular flexibility index (Phi) is 6.10.